The third-order valence-corrected chi connectivity index (χ3v) is 7.93. The summed E-state index contributed by atoms with van der Waals surface area (Å²) in [6.45, 7) is 0.607. The minimum absolute atomic E-state index is 0.000531. The molecule has 1 fully saturated rings. The summed E-state index contributed by atoms with van der Waals surface area (Å²) in [6, 6.07) is 16.5. The van der Waals surface area contributed by atoms with Gasteiger partial charge in [0, 0.05) is 24.7 Å². The van der Waals surface area contributed by atoms with Crippen molar-refractivity contribution < 1.29 is 31.5 Å². The number of benzene rings is 3. The first-order valence-electron chi connectivity index (χ1n) is 13.6. The van der Waals surface area contributed by atoms with E-state index in [2.05, 4.69) is 10.2 Å². The van der Waals surface area contributed by atoms with E-state index < -0.39 is 35.7 Å². The zero-order valence-corrected chi connectivity index (χ0v) is 22.2. The number of carbonyl (C=O) groups excluding carboxylic acids is 2. The molecule has 3 aromatic rings. The quantitative estimate of drug-likeness (QED) is 0.260. The van der Waals surface area contributed by atoms with E-state index in [-0.39, 0.29) is 18.4 Å². The maximum absolute atomic E-state index is 14.2. The van der Waals surface area contributed by atoms with Gasteiger partial charge in [-0.25, -0.2) is 8.78 Å². The number of likely N-dealkylation sites (tertiary alicyclic amines) is 1. The van der Waals surface area contributed by atoms with Crippen LogP contribution in [0.2, 0.25) is 0 Å². The average molecular weight is 572 g/mol. The van der Waals surface area contributed by atoms with Gasteiger partial charge in [0.05, 0.1) is 0 Å². The van der Waals surface area contributed by atoms with Crippen LogP contribution in [-0.2, 0) is 10.2 Å². The Hall–Kier alpha value is -3.79. The molecule has 3 aromatic carbocycles. The molecule has 1 heterocycles. The van der Waals surface area contributed by atoms with E-state index in [1.54, 1.807) is 24.3 Å². The molecule has 5 rings (SSSR count). The van der Waals surface area contributed by atoms with E-state index in [0.717, 1.165) is 13.0 Å². The predicted octanol–water partition coefficient (Wildman–Crippen LogP) is 5.58. The molecule has 0 bridgehead atoms. The van der Waals surface area contributed by atoms with E-state index in [1.807, 2.05) is 11.4 Å². The third kappa shape index (κ3) is 6.12. The summed E-state index contributed by atoms with van der Waals surface area (Å²) < 4.78 is 67.6. The van der Waals surface area contributed by atoms with E-state index >= 15 is 0 Å². The molecule has 0 aromatic heterocycles. The van der Waals surface area contributed by atoms with Crippen molar-refractivity contribution in [2.45, 2.75) is 43.3 Å². The van der Waals surface area contributed by atoms with E-state index in [1.165, 1.54) is 36.4 Å². The Labute approximate surface area is 234 Å². The van der Waals surface area contributed by atoms with Crippen molar-refractivity contribution in [1.82, 2.24) is 15.5 Å². The first-order chi connectivity index (χ1) is 19.6. The fraction of sp³-hybridized carbons (Fsp3) is 0.355. The molecule has 0 radical (unpaired) electrons. The first kappa shape index (κ1) is 28.7. The van der Waals surface area contributed by atoms with Gasteiger partial charge in [-0.3, -0.25) is 9.59 Å². The molecular formula is C31H30F5N3O2. The van der Waals surface area contributed by atoms with Crippen molar-refractivity contribution in [1.29, 1.82) is 0 Å². The van der Waals surface area contributed by atoms with Crippen molar-refractivity contribution >= 4 is 11.8 Å². The molecular weight excluding hydrogens is 541 g/mol. The molecule has 2 aliphatic rings. The van der Waals surface area contributed by atoms with Gasteiger partial charge in [0.15, 0.2) is 0 Å². The summed E-state index contributed by atoms with van der Waals surface area (Å²) in [7, 11) is 0. The van der Waals surface area contributed by atoms with Crippen LogP contribution in [0.15, 0.2) is 66.7 Å². The van der Waals surface area contributed by atoms with Crippen molar-refractivity contribution in [3.8, 4) is 11.1 Å². The number of amides is 2. The lowest BCUT2D eigenvalue weighted by atomic mass is 9.73. The number of unbranched alkanes of at least 4 members (excludes halogenated alkanes) is 1. The van der Waals surface area contributed by atoms with Gasteiger partial charge < -0.3 is 15.5 Å². The highest BCUT2D eigenvalue weighted by atomic mass is 19.4. The Balaban J connectivity index is 1.29. The Kier molecular flexibility index (Phi) is 8.13. The molecule has 216 valence electrons. The summed E-state index contributed by atoms with van der Waals surface area (Å²) in [5, 5.41) is 5.09. The van der Waals surface area contributed by atoms with Crippen LogP contribution in [0.5, 0.6) is 0 Å². The minimum Gasteiger partial charge on any atom is -0.348 e. The SMILES string of the molecule is O=C(NC1CCN(CCCCC2(C(=O)NCC(F)(F)F)c3ccc(F)cc3-c3cc(F)ccc32)C1)c1ccccc1. The van der Waals surface area contributed by atoms with E-state index in [9.17, 15) is 31.5 Å². The van der Waals surface area contributed by atoms with Crippen LogP contribution in [-0.4, -0.2) is 55.1 Å². The smallest absolute Gasteiger partial charge is 0.348 e. The zero-order valence-electron chi connectivity index (χ0n) is 22.2. The molecule has 0 spiro atoms. The Bertz CT molecular complexity index is 1380. The maximum Gasteiger partial charge on any atom is 0.405 e. The highest BCUT2D eigenvalue weighted by molar-refractivity contribution is 6.00. The van der Waals surface area contributed by atoms with Crippen molar-refractivity contribution in [3.05, 3.63) is 95.1 Å². The molecule has 1 aliphatic heterocycles. The highest BCUT2D eigenvalue weighted by Crippen LogP contribution is 2.52. The Morgan fingerprint density at radius 1 is 0.902 bits per heavy atom. The van der Waals surface area contributed by atoms with Gasteiger partial charge >= 0.3 is 6.18 Å². The number of carbonyl (C=O) groups is 2. The average Bonchev–Trinajstić information content (AvgIpc) is 3.49. The molecule has 1 saturated heterocycles. The summed E-state index contributed by atoms with van der Waals surface area (Å²) in [5.74, 6) is -2.16. The van der Waals surface area contributed by atoms with Crippen LogP contribution in [0, 0.1) is 11.6 Å². The van der Waals surface area contributed by atoms with Gasteiger partial charge in [0.2, 0.25) is 5.91 Å². The van der Waals surface area contributed by atoms with Crippen molar-refractivity contribution in [3.63, 3.8) is 0 Å². The molecule has 2 N–H and O–H groups in total. The number of nitrogens with zero attached hydrogens (tertiary/aromatic N) is 1. The summed E-state index contributed by atoms with van der Waals surface area (Å²) in [5.41, 5.74) is 0.413. The third-order valence-electron chi connectivity index (χ3n) is 7.93. The molecule has 5 nitrogen and oxygen atoms in total. The van der Waals surface area contributed by atoms with E-state index in [4.69, 9.17) is 0 Å². The fourth-order valence-corrected chi connectivity index (χ4v) is 6.06. The van der Waals surface area contributed by atoms with Gasteiger partial charge in [0.1, 0.15) is 23.6 Å². The molecule has 10 heteroatoms. The fourth-order valence-electron chi connectivity index (χ4n) is 6.06. The normalized spacial score (nSPS) is 17.6. The standard InChI is InChI=1S/C31H30F5N3O2/c32-21-8-10-26-24(16-21)25-17-22(33)9-11-27(25)30(26,29(41)37-19-31(34,35)36)13-4-5-14-39-15-12-23(18-39)38-28(40)20-6-2-1-3-7-20/h1-3,6-11,16-17,23H,4-5,12-15,18-19H2,(H,37,41)(H,38,40). The summed E-state index contributed by atoms with van der Waals surface area (Å²) >= 11 is 0. The lowest BCUT2D eigenvalue weighted by molar-refractivity contribution is -0.141. The number of fused-ring (bicyclic) bond motifs is 3. The molecule has 1 aliphatic carbocycles. The number of alkyl halides is 3. The highest BCUT2D eigenvalue weighted by Gasteiger charge is 2.49. The maximum atomic E-state index is 14.2. The largest absolute Gasteiger partial charge is 0.405 e. The van der Waals surface area contributed by atoms with Crippen molar-refractivity contribution in [2.75, 3.05) is 26.2 Å². The van der Waals surface area contributed by atoms with Crippen LogP contribution in [0.3, 0.4) is 0 Å². The second-order valence-electron chi connectivity index (χ2n) is 10.7. The molecule has 0 saturated carbocycles. The number of nitrogens with one attached hydrogen (secondary N) is 2. The van der Waals surface area contributed by atoms with Gasteiger partial charge in [-0.1, -0.05) is 36.8 Å². The van der Waals surface area contributed by atoms with E-state index in [0.29, 0.717) is 53.7 Å². The van der Waals surface area contributed by atoms with Gasteiger partial charge in [-0.05, 0) is 84.5 Å². The summed E-state index contributed by atoms with van der Waals surface area (Å²) in [6.07, 6.45) is -2.55. The van der Waals surface area contributed by atoms with Crippen LogP contribution >= 0.6 is 0 Å². The number of hydrogen-bond acceptors (Lipinski definition) is 3. The first-order valence-corrected chi connectivity index (χ1v) is 13.6. The predicted molar refractivity (Wildman–Crippen MR) is 144 cm³/mol. The van der Waals surface area contributed by atoms with Gasteiger partial charge in [0.25, 0.3) is 5.91 Å². The van der Waals surface area contributed by atoms with Crippen LogP contribution in [0.4, 0.5) is 22.0 Å². The monoisotopic (exact) mass is 571 g/mol. The van der Waals surface area contributed by atoms with Crippen LogP contribution in [0.1, 0.15) is 47.2 Å². The Morgan fingerprint density at radius 2 is 1.54 bits per heavy atom. The van der Waals surface area contributed by atoms with Gasteiger partial charge in [-0.15, -0.1) is 0 Å². The number of hydrogen-bond donors (Lipinski definition) is 2. The summed E-state index contributed by atoms with van der Waals surface area (Å²) in [4.78, 5) is 28.3. The topological polar surface area (TPSA) is 61.4 Å². The zero-order chi connectivity index (χ0) is 29.2. The van der Waals surface area contributed by atoms with Gasteiger partial charge in [-0.2, -0.15) is 13.2 Å². The minimum atomic E-state index is -4.62. The lowest BCUT2D eigenvalue weighted by Gasteiger charge is -2.31. The molecule has 41 heavy (non-hydrogen) atoms. The molecule has 1 atom stereocenters. The second kappa shape index (κ2) is 11.6. The molecule has 2 amide bonds. The lowest BCUT2D eigenvalue weighted by Crippen LogP contribution is -2.47. The molecule has 1 unspecified atom stereocenters. The van der Waals surface area contributed by atoms with Crippen molar-refractivity contribution in [2.24, 2.45) is 0 Å². The Morgan fingerprint density at radius 3 is 2.15 bits per heavy atom. The van der Waals surface area contributed by atoms with Crippen LogP contribution < -0.4 is 10.6 Å². The second-order valence-corrected chi connectivity index (χ2v) is 10.7. The number of rotatable bonds is 9. The van der Waals surface area contributed by atoms with Crippen LogP contribution in [0.25, 0.3) is 11.1 Å². The number of halogens is 5.